The predicted octanol–water partition coefficient (Wildman–Crippen LogP) is 3.27. The molecule has 0 bridgehead atoms. The minimum atomic E-state index is -0.305. The van der Waals surface area contributed by atoms with Crippen LogP contribution in [-0.4, -0.2) is 60.0 Å². The van der Waals surface area contributed by atoms with E-state index >= 15 is 0 Å². The molecule has 1 N–H and O–H groups in total. The van der Waals surface area contributed by atoms with E-state index in [1.807, 2.05) is 46.7 Å². The highest BCUT2D eigenvalue weighted by molar-refractivity contribution is 7.14. The highest BCUT2D eigenvalue weighted by Crippen LogP contribution is 2.29. The number of rotatable bonds is 6. The summed E-state index contributed by atoms with van der Waals surface area (Å²) in [6, 6.07) is 11.6. The molecule has 32 heavy (non-hydrogen) atoms. The highest BCUT2D eigenvalue weighted by atomic mass is 32.1. The summed E-state index contributed by atoms with van der Waals surface area (Å²) in [5, 5.41) is 5.32. The SMILES string of the molecule is COCc1ccccc1-c1csc(NC(=O)c2ncccc2N2CCN(C(C)=O)CC2)n1. The van der Waals surface area contributed by atoms with Crippen LogP contribution in [-0.2, 0) is 16.1 Å². The molecule has 2 aromatic heterocycles. The van der Waals surface area contributed by atoms with Crippen LogP contribution in [0.1, 0.15) is 23.0 Å². The van der Waals surface area contributed by atoms with Crippen LogP contribution in [0.4, 0.5) is 10.8 Å². The number of methoxy groups -OCH3 is 1. The van der Waals surface area contributed by atoms with Gasteiger partial charge in [-0.05, 0) is 17.7 Å². The van der Waals surface area contributed by atoms with Crippen LogP contribution in [0.2, 0.25) is 0 Å². The van der Waals surface area contributed by atoms with Crippen molar-refractivity contribution in [3.8, 4) is 11.3 Å². The van der Waals surface area contributed by atoms with Gasteiger partial charge < -0.3 is 14.5 Å². The lowest BCUT2D eigenvalue weighted by atomic mass is 10.1. The molecule has 1 fully saturated rings. The van der Waals surface area contributed by atoms with Gasteiger partial charge in [0, 0.05) is 57.4 Å². The molecule has 0 saturated carbocycles. The van der Waals surface area contributed by atoms with E-state index in [-0.39, 0.29) is 11.8 Å². The number of nitrogens with one attached hydrogen (secondary N) is 1. The summed E-state index contributed by atoms with van der Waals surface area (Å²) < 4.78 is 5.28. The fraction of sp³-hybridized carbons (Fsp3) is 0.304. The van der Waals surface area contributed by atoms with Crippen molar-refractivity contribution in [2.45, 2.75) is 13.5 Å². The Hall–Kier alpha value is -3.30. The highest BCUT2D eigenvalue weighted by Gasteiger charge is 2.24. The number of thiazole rings is 1. The zero-order chi connectivity index (χ0) is 22.5. The topological polar surface area (TPSA) is 87.7 Å². The fourth-order valence-corrected chi connectivity index (χ4v) is 4.46. The number of hydrogen-bond acceptors (Lipinski definition) is 7. The first-order chi connectivity index (χ1) is 15.6. The number of benzene rings is 1. The average molecular weight is 452 g/mol. The van der Waals surface area contributed by atoms with Gasteiger partial charge in [-0.2, -0.15) is 0 Å². The van der Waals surface area contributed by atoms with Gasteiger partial charge in [0.15, 0.2) is 10.8 Å². The third kappa shape index (κ3) is 4.79. The van der Waals surface area contributed by atoms with E-state index in [1.165, 1.54) is 11.3 Å². The van der Waals surface area contributed by atoms with E-state index in [1.54, 1.807) is 20.2 Å². The summed E-state index contributed by atoms with van der Waals surface area (Å²) in [6.07, 6.45) is 1.61. The maximum absolute atomic E-state index is 13.0. The van der Waals surface area contributed by atoms with Gasteiger partial charge in [0.25, 0.3) is 5.91 Å². The van der Waals surface area contributed by atoms with Crippen molar-refractivity contribution in [2.24, 2.45) is 0 Å². The molecule has 0 aliphatic carbocycles. The van der Waals surface area contributed by atoms with E-state index in [2.05, 4.69) is 20.2 Å². The number of aromatic nitrogens is 2. The van der Waals surface area contributed by atoms with Crippen LogP contribution in [0.5, 0.6) is 0 Å². The van der Waals surface area contributed by atoms with Crippen molar-refractivity contribution >= 4 is 34.0 Å². The quantitative estimate of drug-likeness (QED) is 0.619. The molecule has 1 saturated heterocycles. The first-order valence-electron chi connectivity index (χ1n) is 10.4. The molecular formula is C23H25N5O3S. The summed E-state index contributed by atoms with van der Waals surface area (Å²) in [4.78, 5) is 37.5. The van der Waals surface area contributed by atoms with E-state index in [0.29, 0.717) is 43.6 Å². The molecule has 0 spiro atoms. The molecule has 2 amide bonds. The lowest BCUT2D eigenvalue weighted by molar-refractivity contribution is -0.129. The van der Waals surface area contributed by atoms with Gasteiger partial charge >= 0.3 is 0 Å². The van der Waals surface area contributed by atoms with Crippen molar-refractivity contribution in [2.75, 3.05) is 43.5 Å². The van der Waals surface area contributed by atoms with Gasteiger partial charge in [-0.25, -0.2) is 9.97 Å². The molecule has 9 heteroatoms. The standard InChI is InChI=1S/C23H25N5O3S/c1-16(29)27-10-12-28(13-11-27)20-8-5-9-24-21(20)22(30)26-23-25-19(15-32-23)18-7-4-3-6-17(18)14-31-2/h3-9,15H,10-14H2,1-2H3,(H,25,26,30). The summed E-state index contributed by atoms with van der Waals surface area (Å²) in [5.74, 6) is -0.235. The Bertz CT molecular complexity index is 1110. The van der Waals surface area contributed by atoms with Gasteiger partial charge in [-0.1, -0.05) is 24.3 Å². The molecule has 166 valence electrons. The largest absolute Gasteiger partial charge is 0.380 e. The van der Waals surface area contributed by atoms with Gasteiger partial charge in [-0.15, -0.1) is 11.3 Å². The van der Waals surface area contributed by atoms with E-state index in [9.17, 15) is 9.59 Å². The number of hydrogen-bond donors (Lipinski definition) is 1. The van der Waals surface area contributed by atoms with Crippen molar-refractivity contribution in [1.29, 1.82) is 0 Å². The molecule has 4 rings (SSSR count). The molecule has 3 aromatic rings. The number of nitrogens with zero attached hydrogens (tertiary/aromatic N) is 4. The Morgan fingerprint density at radius 2 is 1.91 bits per heavy atom. The Kier molecular flexibility index (Phi) is 6.77. The van der Waals surface area contributed by atoms with Crippen molar-refractivity contribution < 1.29 is 14.3 Å². The molecular weight excluding hydrogens is 426 g/mol. The average Bonchev–Trinajstić information content (AvgIpc) is 3.28. The maximum atomic E-state index is 13.0. The molecule has 3 heterocycles. The minimum Gasteiger partial charge on any atom is -0.380 e. The fourth-order valence-electron chi connectivity index (χ4n) is 3.75. The Balaban J connectivity index is 1.50. The van der Waals surface area contributed by atoms with Crippen molar-refractivity contribution in [1.82, 2.24) is 14.9 Å². The Morgan fingerprint density at radius 1 is 1.12 bits per heavy atom. The minimum absolute atomic E-state index is 0.0699. The lowest BCUT2D eigenvalue weighted by Gasteiger charge is -2.36. The second kappa shape index (κ2) is 9.88. The Morgan fingerprint density at radius 3 is 2.66 bits per heavy atom. The molecule has 8 nitrogen and oxygen atoms in total. The monoisotopic (exact) mass is 451 g/mol. The summed E-state index contributed by atoms with van der Waals surface area (Å²) >= 11 is 1.37. The summed E-state index contributed by atoms with van der Waals surface area (Å²) in [5.41, 5.74) is 3.91. The van der Waals surface area contributed by atoms with Gasteiger partial charge in [0.05, 0.1) is 18.0 Å². The number of pyridine rings is 1. The zero-order valence-corrected chi connectivity index (χ0v) is 18.9. The van der Waals surface area contributed by atoms with E-state index < -0.39 is 0 Å². The maximum Gasteiger partial charge on any atom is 0.278 e. The van der Waals surface area contributed by atoms with Crippen LogP contribution in [0.25, 0.3) is 11.3 Å². The summed E-state index contributed by atoms with van der Waals surface area (Å²) in [7, 11) is 1.66. The second-order valence-corrected chi connectivity index (χ2v) is 8.30. The van der Waals surface area contributed by atoms with Crippen LogP contribution in [0, 0.1) is 0 Å². The molecule has 1 aromatic carbocycles. The molecule has 0 radical (unpaired) electrons. The summed E-state index contributed by atoms with van der Waals surface area (Å²) in [6.45, 7) is 4.63. The van der Waals surface area contributed by atoms with Crippen LogP contribution in [0.15, 0.2) is 48.0 Å². The van der Waals surface area contributed by atoms with Gasteiger partial charge in [0.1, 0.15) is 0 Å². The normalized spacial score (nSPS) is 13.8. The number of carbonyl (C=O) groups excluding carboxylic acids is 2. The molecule has 0 unspecified atom stereocenters. The number of amides is 2. The van der Waals surface area contributed by atoms with E-state index in [0.717, 1.165) is 22.5 Å². The van der Waals surface area contributed by atoms with Crippen LogP contribution in [0.3, 0.4) is 0 Å². The van der Waals surface area contributed by atoms with Crippen molar-refractivity contribution in [3.63, 3.8) is 0 Å². The molecule has 0 atom stereocenters. The number of ether oxygens (including phenoxy) is 1. The third-order valence-corrected chi connectivity index (χ3v) is 6.14. The van der Waals surface area contributed by atoms with Crippen LogP contribution < -0.4 is 10.2 Å². The number of anilines is 2. The van der Waals surface area contributed by atoms with Crippen LogP contribution >= 0.6 is 11.3 Å². The first kappa shape index (κ1) is 21.9. The lowest BCUT2D eigenvalue weighted by Crippen LogP contribution is -2.48. The predicted molar refractivity (Wildman–Crippen MR) is 125 cm³/mol. The Labute approximate surface area is 190 Å². The first-order valence-corrected chi connectivity index (χ1v) is 11.2. The third-order valence-electron chi connectivity index (χ3n) is 5.38. The van der Waals surface area contributed by atoms with E-state index in [4.69, 9.17) is 4.74 Å². The van der Waals surface area contributed by atoms with Crippen molar-refractivity contribution in [3.05, 3.63) is 59.2 Å². The second-order valence-electron chi connectivity index (χ2n) is 7.45. The number of piperazine rings is 1. The zero-order valence-electron chi connectivity index (χ0n) is 18.1. The number of carbonyl (C=O) groups is 2. The van der Waals surface area contributed by atoms with Gasteiger partial charge in [-0.3, -0.25) is 14.9 Å². The molecule has 1 aliphatic rings. The molecule has 1 aliphatic heterocycles. The van der Waals surface area contributed by atoms with Gasteiger partial charge in [0.2, 0.25) is 5.91 Å². The smallest absolute Gasteiger partial charge is 0.278 e.